The molecule has 2 aliphatic rings. The third-order valence-corrected chi connectivity index (χ3v) is 14.4. The third kappa shape index (κ3) is 14.0. The molecule has 0 aliphatic carbocycles. The van der Waals surface area contributed by atoms with E-state index >= 15 is 0 Å². The fraction of sp³-hybridized carbons (Fsp3) is 0.500. The summed E-state index contributed by atoms with van der Waals surface area (Å²) in [6, 6.07) is 8.26. The number of nitrogens with zero attached hydrogens (tertiary/aromatic N) is 5. The molecule has 0 aromatic heterocycles. The molecule has 0 saturated heterocycles. The maximum absolute atomic E-state index is 12.4. The quantitative estimate of drug-likeness (QED) is 0.0187. The van der Waals surface area contributed by atoms with Gasteiger partial charge in [-0.15, -0.1) is 0 Å². The Morgan fingerprint density at radius 3 is 2.16 bits per heavy atom. The second-order valence-corrected chi connectivity index (χ2v) is 22.0. The Kier molecular flexibility index (Phi) is 17.1. The van der Waals surface area contributed by atoms with Crippen LogP contribution in [0.1, 0.15) is 89.7 Å². The van der Waals surface area contributed by atoms with Gasteiger partial charge in [-0.3, -0.25) is 18.5 Å². The van der Waals surface area contributed by atoms with Crippen LogP contribution in [0.25, 0.3) is 10.4 Å². The van der Waals surface area contributed by atoms with E-state index in [-0.39, 0.29) is 43.2 Å². The molecule has 2 aliphatic heterocycles. The van der Waals surface area contributed by atoms with Gasteiger partial charge in [-0.1, -0.05) is 36.2 Å². The van der Waals surface area contributed by atoms with Gasteiger partial charge in [0, 0.05) is 71.9 Å². The van der Waals surface area contributed by atoms with Gasteiger partial charge in [-0.2, -0.15) is 29.8 Å². The van der Waals surface area contributed by atoms with Crippen molar-refractivity contribution in [3.63, 3.8) is 0 Å². The van der Waals surface area contributed by atoms with Gasteiger partial charge in [-0.25, -0.2) is 8.42 Å². The van der Waals surface area contributed by atoms with Crippen molar-refractivity contribution in [3.05, 3.63) is 94.0 Å². The number of azide groups is 1. The number of hydrogen-bond acceptors (Lipinski definition) is 12. The smallest absolute Gasteiger partial charge is 0.294 e. The molecule has 0 fully saturated rings. The largest absolute Gasteiger partial charge is 0.744 e. The first kappa shape index (κ1) is 51.2. The summed E-state index contributed by atoms with van der Waals surface area (Å²) in [5, 5.41) is 6.23. The molecule has 1 amide bonds. The van der Waals surface area contributed by atoms with Crippen LogP contribution < -0.4 is 10.2 Å². The van der Waals surface area contributed by atoms with E-state index in [4.69, 9.17) is 5.53 Å². The van der Waals surface area contributed by atoms with Gasteiger partial charge in [0.1, 0.15) is 16.7 Å². The molecule has 0 radical (unpaired) electrons. The van der Waals surface area contributed by atoms with Crippen molar-refractivity contribution in [2.45, 2.75) is 99.2 Å². The van der Waals surface area contributed by atoms with Crippen molar-refractivity contribution in [3.8, 4) is 0 Å². The minimum Gasteiger partial charge on any atom is -0.744 e. The number of carbonyl (C=O) groups is 1. The number of hydrogen-bond donors (Lipinski definition) is 4. The average molecular weight is 955 g/mol. The Hall–Kier alpha value is -4.45. The Bertz CT molecular complexity index is 2670. The second kappa shape index (κ2) is 21.0. The molecule has 4 rings (SSSR count). The molecule has 63 heavy (non-hydrogen) atoms. The van der Waals surface area contributed by atoms with Gasteiger partial charge >= 0.3 is 0 Å². The number of carbonyl (C=O) groups excluding carboxylic acids is 1. The minimum absolute atomic E-state index is 0.0373. The third-order valence-electron chi connectivity index (χ3n) is 11.1. The first-order chi connectivity index (χ1) is 29.3. The lowest BCUT2D eigenvalue weighted by atomic mass is 9.77. The van der Waals surface area contributed by atoms with Gasteiger partial charge in [0.05, 0.1) is 26.7 Å². The van der Waals surface area contributed by atoms with Gasteiger partial charge in [-0.05, 0) is 100 Å². The molecule has 2 aromatic carbocycles. The normalized spacial score (nSPS) is 18.3. The summed E-state index contributed by atoms with van der Waals surface area (Å²) in [5.74, 6) is -1.14. The molecule has 0 spiro atoms. The van der Waals surface area contributed by atoms with Crippen LogP contribution in [0, 0.1) is 0 Å². The monoisotopic (exact) mass is 954 g/mol. The van der Waals surface area contributed by atoms with Crippen molar-refractivity contribution in [1.82, 2.24) is 5.32 Å². The maximum Gasteiger partial charge on any atom is 0.294 e. The standard InChI is InChI=1S/C40H54N6O13S4/c1-39(2)32-28-30(62(54,55)56)17-19-34(32)45(25-13-27-61(51,52)53)36(39)14-6-4-7-15-37-40(3,21-9-11-26-60(48,49)50)33-29-31(63(57,58)59)18-20-35(33)46(37)24-10-5-8-16-38(47)42-22-12-23-43-44-41/h4,6-7,14-15,17-20,28-29H,5,8-13,16,21-27H2,1-3H3,(H4-,42,47,48,49,50,51,52,53,54,55,56,57,58,59). The van der Waals surface area contributed by atoms with Crippen LogP contribution in [-0.4, -0.2) is 106 Å². The molecule has 2 heterocycles. The van der Waals surface area contributed by atoms with Crippen LogP contribution in [0.2, 0.25) is 0 Å². The van der Waals surface area contributed by atoms with Crippen LogP contribution in [-0.2, 0) is 56.1 Å². The van der Waals surface area contributed by atoms with Crippen molar-refractivity contribution in [2.75, 3.05) is 42.6 Å². The van der Waals surface area contributed by atoms with E-state index in [0.29, 0.717) is 85.5 Å². The Balaban J connectivity index is 1.69. The molecule has 1 atom stereocenters. The number of allylic oxidation sites excluding steroid dienone is 6. The summed E-state index contributed by atoms with van der Waals surface area (Å²) >= 11 is 0. The van der Waals surface area contributed by atoms with Gasteiger partial charge in [0.2, 0.25) is 11.6 Å². The average Bonchev–Trinajstić information content (AvgIpc) is 3.53. The highest BCUT2D eigenvalue weighted by Crippen LogP contribution is 2.51. The number of nitrogens with one attached hydrogen (secondary N) is 1. The minimum atomic E-state index is -4.86. The molecular formula is C40H54N6O13S4. The molecule has 2 aromatic rings. The first-order valence-corrected chi connectivity index (χ1v) is 26.2. The number of benzene rings is 2. The highest BCUT2D eigenvalue weighted by molar-refractivity contribution is 7.86. The molecule has 0 saturated carbocycles. The van der Waals surface area contributed by atoms with Crippen molar-refractivity contribution in [1.29, 1.82) is 0 Å². The zero-order chi connectivity index (χ0) is 46.9. The van der Waals surface area contributed by atoms with Crippen molar-refractivity contribution >= 4 is 63.5 Å². The molecule has 1 unspecified atom stereocenters. The molecule has 0 bridgehead atoms. The second-order valence-electron chi connectivity index (χ2n) is 16.1. The van der Waals surface area contributed by atoms with Crippen molar-refractivity contribution < 1.29 is 61.3 Å². The van der Waals surface area contributed by atoms with Crippen LogP contribution in [0.3, 0.4) is 0 Å². The number of fused-ring (bicyclic) bond motifs is 2. The molecular weight excluding hydrogens is 901 g/mol. The first-order valence-electron chi connectivity index (χ1n) is 20.2. The molecule has 23 heteroatoms. The predicted octanol–water partition coefficient (Wildman–Crippen LogP) is 5.70. The summed E-state index contributed by atoms with van der Waals surface area (Å²) in [6.07, 6.45) is 12.1. The van der Waals surface area contributed by atoms with E-state index in [1.54, 1.807) is 30.4 Å². The predicted molar refractivity (Wildman–Crippen MR) is 236 cm³/mol. The fourth-order valence-corrected chi connectivity index (χ4v) is 10.1. The molecule has 19 nitrogen and oxygen atoms in total. The topological polar surface area (TPSA) is 304 Å². The number of anilines is 1. The number of amides is 1. The molecule has 346 valence electrons. The van der Waals surface area contributed by atoms with E-state index in [9.17, 15) is 56.7 Å². The summed E-state index contributed by atoms with van der Waals surface area (Å²) in [4.78, 5) is 16.3. The van der Waals surface area contributed by atoms with Crippen LogP contribution in [0.15, 0.2) is 87.4 Å². The van der Waals surface area contributed by atoms with Gasteiger partial charge < -0.3 is 14.8 Å². The van der Waals surface area contributed by atoms with E-state index in [1.165, 1.54) is 30.3 Å². The summed E-state index contributed by atoms with van der Waals surface area (Å²) in [7, 11) is -17.9. The van der Waals surface area contributed by atoms with E-state index in [2.05, 4.69) is 15.3 Å². The van der Waals surface area contributed by atoms with Crippen LogP contribution in [0.4, 0.5) is 11.4 Å². The summed E-state index contributed by atoms with van der Waals surface area (Å²) in [5.41, 5.74) is 10.3. The maximum atomic E-state index is 12.4. The Morgan fingerprint density at radius 1 is 0.841 bits per heavy atom. The highest BCUT2D eigenvalue weighted by atomic mass is 32.2. The SMILES string of the molecule is CC1(C)C(C=CC=CC=C2N(CCCCCC(=O)NCCCN=[N+]=[N-])c3ccc(S(=O)(=O)[O-])cc3C2(C)CCCCS(=O)(=O)O)=[N+](CCCS(=O)(=O)O)c2ccc(S(=O)(=O)O)cc21. The molecule has 4 N–H and O–H groups in total. The fourth-order valence-electron chi connectivity index (χ4n) is 8.02. The highest BCUT2D eigenvalue weighted by Gasteiger charge is 2.45. The lowest BCUT2D eigenvalue weighted by Crippen LogP contribution is -2.29. The van der Waals surface area contributed by atoms with E-state index in [0.717, 1.165) is 0 Å². The zero-order valence-electron chi connectivity index (χ0n) is 35.3. The van der Waals surface area contributed by atoms with Crippen molar-refractivity contribution in [2.24, 2.45) is 5.11 Å². The number of rotatable bonds is 24. The Morgan fingerprint density at radius 2 is 1.51 bits per heavy atom. The van der Waals surface area contributed by atoms with Gasteiger partial charge in [0.25, 0.3) is 30.4 Å². The Labute approximate surface area is 369 Å². The lowest BCUT2D eigenvalue weighted by molar-refractivity contribution is -0.437. The van der Waals surface area contributed by atoms with Gasteiger partial charge in [0.15, 0.2) is 5.71 Å². The summed E-state index contributed by atoms with van der Waals surface area (Å²) in [6.45, 7) is 6.76. The lowest BCUT2D eigenvalue weighted by Gasteiger charge is -2.30. The summed E-state index contributed by atoms with van der Waals surface area (Å²) < 4.78 is 137. The van der Waals surface area contributed by atoms with E-state index < -0.39 is 67.7 Å². The number of unbranched alkanes of at least 4 members (excludes halogenated alkanes) is 3. The van der Waals surface area contributed by atoms with Crippen LogP contribution in [0.5, 0.6) is 0 Å². The van der Waals surface area contributed by atoms with E-state index in [1.807, 2.05) is 36.3 Å². The van der Waals surface area contributed by atoms with Crippen LogP contribution >= 0.6 is 0 Å². The zero-order valence-corrected chi connectivity index (χ0v) is 38.5.